The van der Waals surface area contributed by atoms with Crippen molar-refractivity contribution in [3.8, 4) is 0 Å². The van der Waals surface area contributed by atoms with Gasteiger partial charge in [-0.05, 0) is 6.07 Å². The second-order valence-electron chi connectivity index (χ2n) is 2.88. The maximum atomic E-state index is 11.5. The van der Waals surface area contributed by atoms with Gasteiger partial charge in [-0.25, -0.2) is 3.11 Å². The van der Waals surface area contributed by atoms with Crippen molar-refractivity contribution in [2.24, 2.45) is 0 Å². The molecular weight excluding hydrogens is 315 g/mol. The van der Waals surface area contributed by atoms with E-state index in [0.29, 0.717) is 0 Å². The molecule has 1 aromatic carbocycles. The first kappa shape index (κ1) is 10.0. The van der Waals surface area contributed by atoms with Crippen LogP contribution in [-0.4, -0.2) is 19.9 Å². The molecule has 0 saturated carbocycles. The fourth-order valence-corrected chi connectivity index (χ4v) is 1.83. The lowest BCUT2D eigenvalue weighted by Gasteiger charge is -1.98. The average molecular weight is 318 g/mol. The zero-order valence-corrected chi connectivity index (χ0v) is 9.29. The van der Waals surface area contributed by atoms with Crippen LogP contribution in [0.3, 0.4) is 0 Å². The highest BCUT2D eigenvalue weighted by Crippen LogP contribution is 2.28. The van der Waals surface area contributed by atoms with Crippen molar-refractivity contribution >= 4 is 40.4 Å². The third-order valence-corrected chi connectivity index (χ3v) is 2.91. The van der Waals surface area contributed by atoms with E-state index in [9.17, 15) is 19.7 Å². The van der Waals surface area contributed by atoms with Crippen LogP contribution in [0.15, 0.2) is 18.2 Å². The average Bonchev–Trinajstić information content (AvgIpc) is 2.44. The molecular formula is C8H3IN2O4. The largest absolute Gasteiger partial charge is 0.270 e. The molecule has 1 aliphatic rings. The summed E-state index contributed by atoms with van der Waals surface area (Å²) < 4.78 is 0.909. The van der Waals surface area contributed by atoms with E-state index in [0.717, 1.165) is 9.18 Å². The van der Waals surface area contributed by atoms with Gasteiger partial charge < -0.3 is 0 Å². The fourth-order valence-electron chi connectivity index (χ4n) is 1.31. The molecule has 0 bridgehead atoms. The molecule has 0 aromatic heterocycles. The first-order chi connectivity index (χ1) is 7.02. The van der Waals surface area contributed by atoms with Gasteiger partial charge in [-0.15, -0.1) is 0 Å². The van der Waals surface area contributed by atoms with Gasteiger partial charge in [0, 0.05) is 12.1 Å². The summed E-state index contributed by atoms with van der Waals surface area (Å²) in [5.41, 5.74) is 0.102. The summed E-state index contributed by atoms with van der Waals surface area (Å²) in [6.07, 6.45) is 0. The summed E-state index contributed by atoms with van der Waals surface area (Å²) in [5, 5.41) is 10.5. The van der Waals surface area contributed by atoms with Gasteiger partial charge in [-0.3, -0.25) is 19.7 Å². The Hall–Kier alpha value is -1.51. The van der Waals surface area contributed by atoms with Gasteiger partial charge in [-0.1, -0.05) is 0 Å². The summed E-state index contributed by atoms with van der Waals surface area (Å²) in [7, 11) is 0. The zero-order chi connectivity index (χ0) is 11.2. The predicted molar refractivity (Wildman–Crippen MR) is 57.6 cm³/mol. The van der Waals surface area contributed by atoms with Crippen LogP contribution in [0, 0.1) is 10.1 Å². The van der Waals surface area contributed by atoms with Gasteiger partial charge in [0.05, 0.1) is 38.9 Å². The lowest BCUT2D eigenvalue weighted by Crippen LogP contribution is -2.17. The molecule has 0 fully saturated rings. The van der Waals surface area contributed by atoms with Crippen LogP contribution < -0.4 is 0 Å². The number of fused-ring (bicyclic) bond motifs is 1. The first-order valence-corrected chi connectivity index (χ1v) is 4.82. The highest BCUT2D eigenvalue weighted by Gasteiger charge is 2.35. The molecule has 1 heterocycles. The molecule has 0 atom stereocenters. The molecule has 0 saturated heterocycles. The minimum absolute atomic E-state index is 0.0867. The lowest BCUT2D eigenvalue weighted by molar-refractivity contribution is -0.384. The molecule has 0 spiro atoms. The van der Waals surface area contributed by atoms with Crippen molar-refractivity contribution in [3.63, 3.8) is 0 Å². The summed E-state index contributed by atoms with van der Waals surface area (Å²) in [4.78, 5) is 32.7. The number of nitrogens with zero attached hydrogens (tertiary/aromatic N) is 2. The number of hydrogen-bond acceptors (Lipinski definition) is 4. The number of amides is 2. The second-order valence-corrected chi connectivity index (χ2v) is 3.84. The smallest absolute Gasteiger partial charge is 0.268 e. The first-order valence-electron chi connectivity index (χ1n) is 3.85. The monoisotopic (exact) mass is 318 g/mol. The van der Waals surface area contributed by atoms with Crippen LogP contribution in [0.2, 0.25) is 0 Å². The van der Waals surface area contributed by atoms with Crippen molar-refractivity contribution in [1.29, 1.82) is 0 Å². The minimum Gasteiger partial charge on any atom is -0.268 e. The van der Waals surface area contributed by atoms with Crippen LogP contribution in [0.1, 0.15) is 20.7 Å². The lowest BCUT2D eigenvalue weighted by atomic mass is 10.1. The third kappa shape index (κ3) is 1.39. The molecule has 15 heavy (non-hydrogen) atoms. The number of nitro benzene ring substituents is 1. The molecule has 1 aliphatic heterocycles. The number of imide groups is 1. The van der Waals surface area contributed by atoms with Gasteiger partial charge in [0.1, 0.15) is 0 Å². The number of hydrogen-bond donors (Lipinski definition) is 0. The number of carbonyl (C=O) groups excluding carboxylic acids is 2. The number of halogens is 1. The topological polar surface area (TPSA) is 80.5 Å². The Kier molecular flexibility index (Phi) is 2.18. The molecule has 0 unspecified atom stereocenters. The molecule has 2 rings (SSSR count). The van der Waals surface area contributed by atoms with Crippen molar-refractivity contribution in [2.75, 3.05) is 0 Å². The number of rotatable bonds is 1. The van der Waals surface area contributed by atoms with Crippen LogP contribution in [0.25, 0.3) is 0 Å². The van der Waals surface area contributed by atoms with Gasteiger partial charge in [-0.2, -0.15) is 0 Å². The molecule has 0 N–H and O–H groups in total. The van der Waals surface area contributed by atoms with Crippen LogP contribution in [-0.2, 0) is 0 Å². The highest BCUT2D eigenvalue weighted by molar-refractivity contribution is 14.1. The Morgan fingerprint density at radius 2 is 1.80 bits per heavy atom. The van der Waals surface area contributed by atoms with E-state index < -0.39 is 16.7 Å². The van der Waals surface area contributed by atoms with E-state index in [1.807, 2.05) is 0 Å². The quantitative estimate of drug-likeness (QED) is 0.259. The van der Waals surface area contributed by atoms with E-state index >= 15 is 0 Å². The van der Waals surface area contributed by atoms with Gasteiger partial charge >= 0.3 is 0 Å². The Bertz CT molecular complexity index is 499. The highest BCUT2D eigenvalue weighted by atomic mass is 127. The maximum Gasteiger partial charge on any atom is 0.270 e. The summed E-state index contributed by atoms with van der Waals surface area (Å²) in [5.74, 6) is -0.954. The van der Waals surface area contributed by atoms with Crippen molar-refractivity contribution in [1.82, 2.24) is 3.11 Å². The number of nitro groups is 1. The second kappa shape index (κ2) is 3.26. The summed E-state index contributed by atoms with van der Waals surface area (Å²) in [6.45, 7) is 0. The van der Waals surface area contributed by atoms with Crippen LogP contribution >= 0.6 is 22.9 Å². The third-order valence-electron chi connectivity index (χ3n) is 2.03. The predicted octanol–water partition coefficient (Wildman–Crippen LogP) is 1.54. The minimum atomic E-state index is -0.603. The number of carbonyl (C=O) groups is 2. The Morgan fingerprint density at radius 3 is 2.40 bits per heavy atom. The van der Waals surface area contributed by atoms with Crippen molar-refractivity contribution in [3.05, 3.63) is 39.4 Å². The van der Waals surface area contributed by atoms with Crippen molar-refractivity contribution < 1.29 is 14.5 Å². The Labute approximate surface area is 97.5 Å². The van der Waals surface area contributed by atoms with Gasteiger partial charge in [0.2, 0.25) is 0 Å². The molecule has 0 aliphatic carbocycles. The summed E-state index contributed by atoms with van der Waals surface area (Å²) >= 11 is 1.57. The molecule has 7 heteroatoms. The summed E-state index contributed by atoms with van der Waals surface area (Å²) in [6, 6.07) is 3.63. The van der Waals surface area contributed by atoms with E-state index in [4.69, 9.17) is 0 Å². The maximum absolute atomic E-state index is 11.5. The van der Waals surface area contributed by atoms with E-state index in [1.54, 1.807) is 22.9 Å². The zero-order valence-electron chi connectivity index (χ0n) is 7.14. The SMILES string of the molecule is O=C1c2ccc([N+](=O)[O-])cc2C(=O)N1I. The molecule has 76 valence electrons. The molecule has 2 amide bonds. The van der Waals surface area contributed by atoms with Crippen LogP contribution in [0.5, 0.6) is 0 Å². The molecule has 6 nitrogen and oxygen atoms in total. The van der Waals surface area contributed by atoms with Crippen LogP contribution in [0.4, 0.5) is 5.69 Å². The number of non-ortho nitro benzene ring substituents is 1. The normalized spacial score (nSPS) is 14.3. The Balaban J connectivity index is 2.61. The van der Waals surface area contributed by atoms with Gasteiger partial charge in [0.25, 0.3) is 17.5 Å². The number of benzene rings is 1. The molecule has 0 radical (unpaired) electrons. The van der Waals surface area contributed by atoms with E-state index in [2.05, 4.69) is 0 Å². The van der Waals surface area contributed by atoms with Crippen molar-refractivity contribution in [2.45, 2.75) is 0 Å². The molecule has 1 aromatic rings. The standard InChI is InChI=1S/C8H3IN2O4/c9-10-7(12)5-2-1-4(11(14)15)3-6(5)8(10)13/h1-3H. The Morgan fingerprint density at radius 1 is 1.20 bits per heavy atom. The fraction of sp³-hybridized carbons (Fsp3) is 0. The van der Waals surface area contributed by atoms with E-state index in [-0.39, 0.29) is 16.8 Å². The van der Waals surface area contributed by atoms with Gasteiger partial charge in [0.15, 0.2) is 0 Å². The van der Waals surface area contributed by atoms with E-state index in [1.165, 1.54) is 12.1 Å².